The molecule has 1 aliphatic heterocycles. The van der Waals surface area contributed by atoms with Crippen LogP contribution in [0.15, 0.2) is 11.0 Å². The maximum absolute atomic E-state index is 11.1. The van der Waals surface area contributed by atoms with E-state index in [0.717, 1.165) is 24.1 Å². The summed E-state index contributed by atoms with van der Waals surface area (Å²) in [6.45, 7) is 1.62. The van der Waals surface area contributed by atoms with E-state index in [-0.39, 0.29) is 5.56 Å². The van der Waals surface area contributed by atoms with Gasteiger partial charge in [0.2, 0.25) is 0 Å². The molecular formula is C9H10F3N3O3. The minimum absolute atomic E-state index is 0.0605. The monoisotopic (exact) mass is 265 g/mol. The number of H-pyrrole nitrogens is 1. The Bertz CT molecular complexity index is 484. The van der Waals surface area contributed by atoms with Gasteiger partial charge in [-0.15, -0.1) is 0 Å². The zero-order chi connectivity index (χ0) is 13.8. The van der Waals surface area contributed by atoms with Crippen molar-refractivity contribution in [1.82, 2.24) is 15.5 Å². The quantitative estimate of drug-likeness (QED) is 0.616. The summed E-state index contributed by atoms with van der Waals surface area (Å²) in [5.41, 5.74) is 1.86. The average molecular weight is 265 g/mol. The molecular weight excluding hydrogens is 255 g/mol. The molecule has 6 nitrogen and oxygen atoms in total. The molecule has 1 aliphatic rings. The van der Waals surface area contributed by atoms with Gasteiger partial charge in [-0.1, -0.05) is 0 Å². The van der Waals surface area contributed by atoms with Crippen molar-refractivity contribution < 1.29 is 23.1 Å². The summed E-state index contributed by atoms with van der Waals surface area (Å²) in [4.78, 5) is 20.0. The van der Waals surface area contributed by atoms with Crippen molar-refractivity contribution in [3.05, 3.63) is 27.7 Å². The molecule has 9 heteroatoms. The summed E-state index contributed by atoms with van der Waals surface area (Å²) in [7, 11) is 0. The van der Waals surface area contributed by atoms with Crippen molar-refractivity contribution in [2.45, 2.75) is 19.1 Å². The summed E-state index contributed by atoms with van der Waals surface area (Å²) in [6.07, 6.45) is -2.44. The van der Waals surface area contributed by atoms with Gasteiger partial charge < -0.3 is 10.4 Å². The second kappa shape index (κ2) is 5.63. The molecule has 0 fully saturated rings. The van der Waals surface area contributed by atoms with Crippen LogP contribution in [-0.2, 0) is 17.8 Å². The Balaban J connectivity index is 0.000000203. The Hall–Kier alpha value is -1.90. The molecule has 0 bridgehead atoms. The normalized spacial score (nSPS) is 14.2. The van der Waals surface area contributed by atoms with E-state index >= 15 is 0 Å². The molecule has 0 aromatic carbocycles. The molecule has 0 spiro atoms. The maximum Gasteiger partial charge on any atom is 0.490 e. The van der Waals surface area contributed by atoms with Gasteiger partial charge in [0, 0.05) is 12.1 Å². The lowest BCUT2D eigenvalue weighted by Crippen LogP contribution is -2.30. The number of aromatic nitrogens is 2. The third-order valence-electron chi connectivity index (χ3n) is 2.16. The molecule has 2 rings (SSSR count). The smallest absolute Gasteiger partial charge is 0.475 e. The van der Waals surface area contributed by atoms with Gasteiger partial charge in [-0.25, -0.2) is 9.89 Å². The van der Waals surface area contributed by atoms with Crippen molar-refractivity contribution >= 4 is 5.97 Å². The number of fused-ring (bicyclic) bond motifs is 1. The van der Waals surface area contributed by atoms with Gasteiger partial charge in [-0.3, -0.25) is 4.79 Å². The Kier molecular flexibility index (Phi) is 4.43. The van der Waals surface area contributed by atoms with Crippen molar-refractivity contribution in [3.8, 4) is 0 Å². The molecule has 0 atom stereocenters. The van der Waals surface area contributed by atoms with Gasteiger partial charge >= 0.3 is 12.1 Å². The second-order valence-corrected chi connectivity index (χ2v) is 3.43. The van der Waals surface area contributed by atoms with Gasteiger partial charge in [0.25, 0.3) is 5.56 Å². The first kappa shape index (κ1) is 14.2. The van der Waals surface area contributed by atoms with Crippen LogP contribution in [0.4, 0.5) is 13.2 Å². The summed E-state index contributed by atoms with van der Waals surface area (Å²) in [5.74, 6) is -2.76. The standard InChI is InChI=1S/C7H9N3O.C2HF3O2/c11-7-6-4-8-2-1-5(6)3-9-10-7;3-2(4,5)1(6)7/h3,8H,1-2,4H2,(H,10,11);(H,6,7). The number of aromatic amines is 1. The van der Waals surface area contributed by atoms with Crippen LogP contribution in [0, 0.1) is 0 Å². The molecule has 1 aromatic rings. The molecule has 1 aromatic heterocycles. The maximum atomic E-state index is 11.1. The topological polar surface area (TPSA) is 95.1 Å². The van der Waals surface area contributed by atoms with Crippen LogP contribution in [0.3, 0.4) is 0 Å². The lowest BCUT2D eigenvalue weighted by Gasteiger charge is -2.13. The van der Waals surface area contributed by atoms with E-state index in [4.69, 9.17) is 9.90 Å². The Morgan fingerprint density at radius 3 is 2.56 bits per heavy atom. The first-order valence-electron chi connectivity index (χ1n) is 4.88. The number of nitrogens with zero attached hydrogens (tertiary/aromatic N) is 1. The highest BCUT2D eigenvalue weighted by molar-refractivity contribution is 5.73. The second-order valence-electron chi connectivity index (χ2n) is 3.43. The van der Waals surface area contributed by atoms with E-state index in [1.165, 1.54) is 0 Å². The summed E-state index contributed by atoms with van der Waals surface area (Å²) >= 11 is 0. The molecule has 0 aliphatic carbocycles. The van der Waals surface area contributed by atoms with Crippen LogP contribution in [0.5, 0.6) is 0 Å². The third kappa shape index (κ3) is 3.84. The zero-order valence-electron chi connectivity index (χ0n) is 9.04. The van der Waals surface area contributed by atoms with Gasteiger partial charge in [0.15, 0.2) is 0 Å². The van der Waals surface area contributed by atoms with E-state index < -0.39 is 12.1 Å². The predicted octanol–water partition coefficient (Wildman–Crippen LogP) is 0.0489. The number of carbonyl (C=O) groups is 1. The molecule has 2 heterocycles. The number of aliphatic carboxylic acids is 1. The molecule has 0 saturated carbocycles. The van der Waals surface area contributed by atoms with E-state index in [1.54, 1.807) is 6.20 Å². The van der Waals surface area contributed by atoms with Crippen molar-refractivity contribution in [2.75, 3.05) is 6.54 Å². The molecule has 0 saturated heterocycles. The summed E-state index contributed by atoms with van der Waals surface area (Å²) in [6, 6.07) is 0. The molecule has 0 amide bonds. The van der Waals surface area contributed by atoms with E-state index in [2.05, 4.69) is 15.5 Å². The number of carboxylic acids is 1. The fraction of sp³-hybridized carbons (Fsp3) is 0.444. The Labute approximate surface area is 98.8 Å². The Morgan fingerprint density at radius 2 is 2.06 bits per heavy atom. The Morgan fingerprint density at radius 1 is 1.44 bits per heavy atom. The van der Waals surface area contributed by atoms with Crippen LogP contribution < -0.4 is 10.9 Å². The number of hydrogen-bond acceptors (Lipinski definition) is 4. The molecule has 0 unspecified atom stereocenters. The summed E-state index contributed by atoms with van der Waals surface area (Å²) < 4.78 is 31.7. The minimum atomic E-state index is -5.08. The van der Waals surface area contributed by atoms with Crippen LogP contribution in [-0.4, -0.2) is 34.0 Å². The van der Waals surface area contributed by atoms with Gasteiger partial charge in [0.05, 0.1) is 6.20 Å². The van der Waals surface area contributed by atoms with Crippen LogP contribution >= 0.6 is 0 Å². The SMILES string of the molecule is O=C(O)C(F)(F)F.O=c1[nH]ncc2c1CNCC2. The number of halogens is 3. The minimum Gasteiger partial charge on any atom is -0.475 e. The first-order valence-corrected chi connectivity index (χ1v) is 4.88. The average Bonchev–Trinajstić information content (AvgIpc) is 2.29. The highest BCUT2D eigenvalue weighted by Crippen LogP contribution is 2.13. The first-order chi connectivity index (χ1) is 8.32. The van der Waals surface area contributed by atoms with E-state index in [1.807, 2.05) is 0 Å². The molecule has 100 valence electrons. The van der Waals surface area contributed by atoms with Crippen LogP contribution in [0.25, 0.3) is 0 Å². The van der Waals surface area contributed by atoms with Crippen molar-refractivity contribution in [2.24, 2.45) is 0 Å². The van der Waals surface area contributed by atoms with Crippen molar-refractivity contribution in [3.63, 3.8) is 0 Å². The molecule has 3 N–H and O–H groups in total. The highest BCUT2D eigenvalue weighted by Gasteiger charge is 2.38. The van der Waals surface area contributed by atoms with Gasteiger partial charge in [-0.2, -0.15) is 18.3 Å². The number of nitrogens with one attached hydrogen (secondary N) is 2. The number of alkyl halides is 3. The van der Waals surface area contributed by atoms with Gasteiger partial charge in [-0.05, 0) is 18.5 Å². The summed E-state index contributed by atoms with van der Waals surface area (Å²) in [5, 5.41) is 16.4. The molecule has 18 heavy (non-hydrogen) atoms. The largest absolute Gasteiger partial charge is 0.490 e. The number of carboxylic acid groups (broad SMARTS) is 1. The lowest BCUT2D eigenvalue weighted by atomic mass is 10.1. The van der Waals surface area contributed by atoms with Crippen LogP contribution in [0.2, 0.25) is 0 Å². The third-order valence-corrected chi connectivity index (χ3v) is 2.16. The number of rotatable bonds is 0. The van der Waals surface area contributed by atoms with E-state index in [9.17, 15) is 18.0 Å². The van der Waals surface area contributed by atoms with Crippen LogP contribution in [0.1, 0.15) is 11.1 Å². The highest BCUT2D eigenvalue weighted by atomic mass is 19.4. The zero-order valence-corrected chi connectivity index (χ0v) is 9.04. The predicted molar refractivity (Wildman–Crippen MR) is 54.0 cm³/mol. The molecule has 0 radical (unpaired) electrons. The fourth-order valence-electron chi connectivity index (χ4n) is 1.31. The van der Waals surface area contributed by atoms with E-state index in [0.29, 0.717) is 6.54 Å². The lowest BCUT2D eigenvalue weighted by molar-refractivity contribution is -0.192. The number of hydrogen-bond donors (Lipinski definition) is 3. The van der Waals surface area contributed by atoms with Crippen molar-refractivity contribution in [1.29, 1.82) is 0 Å². The fourth-order valence-corrected chi connectivity index (χ4v) is 1.31. The van der Waals surface area contributed by atoms with Gasteiger partial charge in [0.1, 0.15) is 0 Å².